The molecule has 0 saturated carbocycles. The van der Waals surface area contributed by atoms with E-state index in [4.69, 9.17) is 9.47 Å². The molecule has 0 N–H and O–H groups in total. The molecule has 0 amide bonds. The van der Waals surface area contributed by atoms with E-state index >= 15 is 0 Å². The van der Waals surface area contributed by atoms with Gasteiger partial charge in [-0.25, -0.2) is 0 Å². The summed E-state index contributed by atoms with van der Waals surface area (Å²) in [5.74, 6) is 0. The smallest absolute Gasteiger partial charge is 0.0701 e. The second kappa shape index (κ2) is 16.6. The van der Waals surface area contributed by atoms with Crippen molar-refractivity contribution in [2.75, 3.05) is 26.4 Å². The van der Waals surface area contributed by atoms with Crippen molar-refractivity contribution in [1.82, 2.24) is 0 Å². The molecule has 1 rings (SSSR count). The van der Waals surface area contributed by atoms with Crippen LogP contribution in [0, 0.1) is 0 Å². The summed E-state index contributed by atoms with van der Waals surface area (Å²) in [6.07, 6.45) is 0. The first-order valence-corrected chi connectivity index (χ1v) is 2.15. The zero-order valence-corrected chi connectivity index (χ0v) is 8.54. The molecule has 0 bridgehead atoms. The molecule has 0 radical (unpaired) electrons. The van der Waals surface area contributed by atoms with Gasteiger partial charge in [0.1, 0.15) is 0 Å². The van der Waals surface area contributed by atoms with Gasteiger partial charge in [-0.3, -0.25) is 0 Å². The van der Waals surface area contributed by atoms with Crippen LogP contribution < -0.4 is 0 Å². The first-order valence-electron chi connectivity index (χ1n) is 2.15. The van der Waals surface area contributed by atoms with Gasteiger partial charge in [0.2, 0.25) is 0 Å². The molecule has 0 aromatic carbocycles. The largest absolute Gasteiger partial charge is 0.377 e. The van der Waals surface area contributed by atoms with Gasteiger partial charge in [-0.2, -0.15) is 0 Å². The van der Waals surface area contributed by atoms with Gasteiger partial charge in [-0.05, 0) is 0 Å². The van der Waals surface area contributed by atoms with Gasteiger partial charge in [0.05, 0.1) is 26.4 Å². The molecule has 0 aromatic rings. The fourth-order valence-electron chi connectivity index (χ4n) is 0.440. The maximum Gasteiger partial charge on any atom is 0.0701 e. The fourth-order valence-corrected chi connectivity index (χ4v) is 0.440. The average molecular weight is 234 g/mol. The summed E-state index contributed by atoms with van der Waals surface area (Å²) in [7, 11) is 0. The van der Waals surface area contributed by atoms with Crippen LogP contribution in [-0.2, 0) is 9.47 Å². The van der Waals surface area contributed by atoms with Crippen molar-refractivity contribution in [3.05, 3.63) is 0 Å². The molecule has 1 aliphatic rings. The Labute approximate surface area is 85.7 Å². The lowest BCUT2D eigenvalue weighted by Gasteiger charge is -2.09. The molecule has 6 heteroatoms. The second-order valence-electron chi connectivity index (χ2n) is 1.22. The Morgan fingerprint density at radius 3 is 0.800 bits per heavy atom. The normalized spacial score (nSPS) is 14.4. The molecule has 2 nitrogen and oxygen atoms in total. The predicted octanol–water partition coefficient (Wildman–Crippen LogP) is 1.72. The SMILES string of the molecule is C1COCCO1.Cl.Cl.Cl.Cl. The lowest BCUT2D eigenvalue weighted by Crippen LogP contribution is -2.16. The van der Waals surface area contributed by atoms with Crippen molar-refractivity contribution >= 4 is 49.6 Å². The molecular weight excluding hydrogens is 222 g/mol. The number of hydrogen-bond acceptors (Lipinski definition) is 2. The van der Waals surface area contributed by atoms with Crippen LogP contribution >= 0.6 is 49.6 Å². The van der Waals surface area contributed by atoms with Gasteiger partial charge >= 0.3 is 0 Å². The first-order chi connectivity index (χ1) is 3.00. The molecule has 0 aliphatic carbocycles. The van der Waals surface area contributed by atoms with E-state index in [0.717, 1.165) is 26.4 Å². The molecule has 10 heavy (non-hydrogen) atoms. The van der Waals surface area contributed by atoms with Crippen LogP contribution in [0.1, 0.15) is 0 Å². The standard InChI is InChI=1S/C4H8O2.4ClH/c1-2-6-4-3-5-1;;;;/h1-4H2;4*1H. The maximum absolute atomic E-state index is 4.94. The Hall–Kier alpha value is 1.08. The highest BCUT2D eigenvalue weighted by Gasteiger charge is 1.94. The van der Waals surface area contributed by atoms with Gasteiger partial charge in [0, 0.05) is 0 Å². The van der Waals surface area contributed by atoms with Gasteiger partial charge in [-0.1, -0.05) is 0 Å². The Kier molecular flexibility index (Phi) is 37.2. The first kappa shape index (κ1) is 22.5. The molecule has 1 saturated heterocycles. The number of hydrogen-bond donors (Lipinski definition) is 0. The summed E-state index contributed by atoms with van der Waals surface area (Å²) < 4.78 is 9.89. The van der Waals surface area contributed by atoms with Crippen LogP contribution in [-0.4, -0.2) is 26.4 Å². The second-order valence-corrected chi connectivity index (χ2v) is 1.22. The molecule has 1 heterocycles. The summed E-state index contributed by atoms with van der Waals surface area (Å²) in [5.41, 5.74) is 0. The van der Waals surface area contributed by atoms with Crippen LogP contribution in [0.2, 0.25) is 0 Å². The lowest BCUT2D eigenvalue weighted by molar-refractivity contribution is -0.0334. The van der Waals surface area contributed by atoms with Crippen molar-refractivity contribution in [2.24, 2.45) is 0 Å². The predicted molar refractivity (Wildman–Crippen MR) is 50.6 cm³/mol. The lowest BCUT2D eigenvalue weighted by atomic mass is 10.6. The van der Waals surface area contributed by atoms with Gasteiger partial charge in [0.15, 0.2) is 0 Å². The van der Waals surface area contributed by atoms with Crippen molar-refractivity contribution in [2.45, 2.75) is 0 Å². The molecular formula is C4H12Cl4O2. The van der Waals surface area contributed by atoms with Crippen molar-refractivity contribution < 1.29 is 9.47 Å². The molecule has 68 valence electrons. The van der Waals surface area contributed by atoms with Crippen molar-refractivity contribution in [3.8, 4) is 0 Å². The highest BCUT2D eigenvalue weighted by Crippen LogP contribution is 1.85. The molecule has 0 unspecified atom stereocenters. The van der Waals surface area contributed by atoms with E-state index in [2.05, 4.69) is 0 Å². The third kappa shape index (κ3) is 11.8. The van der Waals surface area contributed by atoms with E-state index < -0.39 is 0 Å². The third-order valence-electron chi connectivity index (χ3n) is 0.744. The topological polar surface area (TPSA) is 18.5 Å². The Morgan fingerprint density at radius 1 is 0.500 bits per heavy atom. The summed E-state index contributed by atoms with van der Waals surface area (Å²) in [6, 6.07) is 0. The van der Waals surface area contributed by atoms with Crippen LogP contribution in [0.3, 0.4) is 0 Å². The number of halogens is 4. The Bertz CT molecular complexity index is 30.7. The van der Waals surface area contributed by atoms with Crippen molar-refractivity contribution in [3.63, 3.8) is 0 Å². The molecule has 1 aliphatic heterocycles. The summed E-state index contributed by atoms with van der Waals surface area (Å²) in [4.78, 5) is 0. The summed E-state index contributed by atoms with van der Waals surface area (Å²) >= 11 is 0. The quantitative estimate of drug-likeness (QED) is 0.635. The molecule has 0 spiro atoms. The zero-order valence-electron chi connectivity index (χ0n) is 5.28. The number of rotatable bonds is 0. The monoisotopic (exact) mass is 232 g/mol. The van der Waals surface area contributed by atoms with E-state index in [0.29, 0.717) is 0 Å². The Balaban J connectivity index is -0.0000000450. The van der Waals surface area contributed by atoms with Crippen LogP contribution in [0.25, 0.3) is 0 Å². The van der Waals surface area contributed by atoms with E-state index in [9.17, 15) is 0 Å². The highest BCUT2D eigenvalue weighted by atomic mass is 35.5. The van der Waals surface area contributed by atoms with Crippen LogP contribution in [0.4, 0.5) is 0 Å². The summed E-state index contributed by atoms with van der Waals surface area (Å²) in [6.45, 7) is 3.11. The van der Waals surface area contributed by atoms with Crippen molar-refractivity contribution in [1.29, 1.82) is 0 Å². The van der Waals surface area contributed by atoms with Gasteiger partial charge in [0.25, 0.3) is 0 Å². The average Bonchev–Trinajstić information content (AvgIpc) is 1.72. The van der Waals surface area contributed by atoms with E-state index in [1.54, 1.807) is 0 Å². The molecule has 0 atom stereocenters. The van der Waals surface area contributed by atoms with E-state index in [1.165, 1.54) is 0 Å². The van der Waals surface area contributed by atoms with Crippen LogP contribution in [0.15, 0.2) is 0 Å². The van der Waals surface area contributed by atoms with E-state index in [1.807, 2.05) is 0 Å². The Morgan fingerprint density at radius 2 is 0.700 bits per heavy atom. The third-order valence-corrected chi connectivity index (χ3v) is 0.744. The number of ether oxygens (including phenoxy) is 2. The minimum atomic E-state index is 0. The maximum atomic E-state index is 4.94. The fraction of sp³-hybridized carbons (Fsp3) is 1.00. The zero-order chi connectivity index (χ0) is 4.24. The van der Waals surface area contributed by atoms with Crippen LogP contribution in [0.5, 0.6) is 0 Å². The minimum Gasteiger partial charge on any atom is -0.377 e. The van der Waals surface area contributed by atoms with Gasteiger partial charge in [-0.15, -0.1) is 49.6 Å². The minimum absolute atomic E-state index is 0. The molecule has 1 fully saturated rings. The van der Waals surface area contributed by atoms with E-state index in [-0.39, 0.29) is 49.6 Å². The summed E-state index contributed by atoms with van der Waals surface area (Å²) in [5, 5.41) is 0. The van der Waals surface area contributed by atoms with Gasteiger partial charge < -0.3 is 9.47 Å². The highest BCUT2D eigenvalue weighted by molar-refractivity contribution is 5.86. The molecule has 0 aromatic heterocycles.